The molecule has 0 atom stereocenters. The Morgan fingerprint density at radius 2 is 1.95 bits per heavy atom. The molecule has 0 amide bonds. The van der Waals surface area contributed by atoms with E-state index < -0.39 is 17.2 Å². The number of halogens is 1. The molecule has 0 aliphatic rings. The molecule has 0 heterocycles. The van der Waals surface area contributed by atoms with Crippen molar-refractivity contribution in [1.29, 1.82) is 0 Å². The van der Waals surface area contributed by atoms with Gasteiger partial charge in [-0.15, -0.1) is 0 Å². The van der Waals surface area contributed by atoms with Crippen LogP contribution in [0.15, 0.2) is 12.1 Å². The van der Waals surface area contributed by atoms with Gasteiger partial charge in [-0.05, 0) is 31.9 Å². The van der Waals surface area contributed by atoms with E-state index in [1.165, 1.54) is 20.3 Å². The van der Waals surface area contributed by atoms with Crippen LogP contribution in [-0.4, -0.2) is 25.3 Å². The van der Waals surface area contributed by atoms with Crippen LogP contribution in [0.1, 0.15) is 25.0 Å². The van der Waals surface area contributed by atoms with Gasteiger partial charge >= 0.3 is 5.97 Å². The van der Waals surface area contributed by atoms with E-state index in [0.29, 0.717) is 16.9 Å². The third-order valence-electron chi connectivity index (χ3n) is 2.96. The fraction of sp³-hybridized carbons (Fsp3) is 0.500. The lowest BCUT2D eigenvalue weighted by atomic mass is 9.85. The van der Waals surface area contributed by atoms with E-state index >= 15 is 0 Å². The molecular formula is C14H19FO4. The average molecular weight is 270 g/mol. The van der Waals surface area contributed by atoms with Crippen molar-refractivity contribution in [2.45, 2.75) is 26.9 Å². The molecule has 4 nitrogen and oxygen atoms in total. The molecule has 0 bridgehead atoms. The summed E-state index contributed by atoms with van der Waals surface area (Å²) in [7, 11) is 2.98. The minimum absolute atomic E-state index is 0.106. The van der Waals surface area contributed by atoms with Crippen LogP contribution >= 0.6 is 0 Å². The number of methoxy groups -OCH3 is 2. The van der Waals surface area contributed by atoms with Crippen LogP contribution in [0.25, 0.3) is 0 Å². The second kappa shape index (κ2) is 6.02. The lowest BCUT2D eigenvalue weighted by molar-refractivity contribution is -0.146. The Morgan fingerprint density at radius 3 is 2.42 bits per heavy atom. The zero-order chi connectivity index (χ0) is 14.6. The summed E-state index contributed by atoms with van der Waals surface area (Å²) in [4.78, 5) is 11.1. The van der Waals surface area contributed by atoms with Crippen molar-refractivity contribution < 1.29 is 23.8 Å². The number of aliphatic carboxylic acids is 1. The van der Waals surface area contributed by atoms with Gasteiger partial charge in [0.1, 0.15) is 11.6 Å². The topological polar surface area (TPSA) is 55.8 Å². The fourth-order valence-corrected chi connectivity index (χ4v) is 1.80. The van der Waals surface area contributed by atoms with E-state index in [2.05, 4.69) is 0 Å². The molecule has 0 aromatic heterocycles. The molecule has 0 saturated heterocycles. The van der Waals surface area contributed by atoms with Gasteiger partial charge in [-0.1, -0.05) is 0 Å². The molecule has 19 heavy (non-hydrogen) atoms. The molecular weight excluding hydrogens is 251 g/mol. The van der Waals surface area contributed by atoms with Crippen LogP contribution in [0.2, 0.25) is 0 Å². The summed E-state index contributed by atoms with van der Waals surface area (Å²) in [5.41, 5.74) is 0.0163. The molecule has 0 unspecified atom stereocenters. The molecule has 0 aliphatic heterocycles. The first-order valence-electron chi connectivity index (χ1n) is 5.89. The van der Waals surface area contributed by atoms with Crippen LogP contribution in [0.3, 0.4) is 0 Å². The first-order valence-corrected chi connectivity index (χ1v) is 5.89. The van der Waals surface area contributed by atoms with E-state index in [0.717, 1.165) is 0 Å². The number of carboxylic acids is 1. The van der Waals surface area contributed by atoms with Crippen molar-refractivity contribution in [2.75, 3.05) is 14.2 Å². The molecule has 1 aromatic carbocycles. The summed E-state index contributed by atoms with van der Waals surface area (Å²) in [5, 5.41) is 9.10. The van der Waals surface area contributed by atoms with Crippen LogP contribution in [0, 0.1) is 11.2 Å². The van der Waals surface area contributed by atoms with E-state index in [1.54, 1.807) is 19.9 Å². The predicted octanol–water partition coefficient (Wildman–Crippen LogP) is 2.63. The van der Waals surface area contributed by atoms with Gasteiger partial charge in [-0.25, -0.2) is 4.39 Å². The van der Waals surface area contributed by atoms with Gasteiger partial charge in [0.2, 0.25) is 0 Å². The van der Waals surface area contributed by atoms with Crippen LogP contribution in [0.4, 0.5) is 4.39 Å². The molecule has 0 radical (unpaired) electrons. The van der Waals surface area contributed by atoms with Gasteiger partial charge in [0, 0.05) is 18.7 Å². The molecule has 106 valence electrons. The second-order valence-corrected chi connectivity index (χ2v) is 5.05. The Hall–Kier alpha value is -1.62. The van der Waals surface area contributed by atoms with E-state index in [9.17, 15) is 9.18 Å². The number of ether oxygens (including phenoxy) is 2. The highest BCUT2D eigenvalue weighted by molar-refractivity contribution is 5.74. The Balaban J connectivity index is 3.14. The van der Waals surface area contributed by atoms with Gasteiger partial charge < -0.3 is 14.6 Å². The zero-order valence-corrected chi connectivity index (χ0v) is 11.6. The van der Waals surface area contributed by atoms with Gasteiger partial charge in [0.05, 0.1) is 19.1 Å². The van der Waals surface area contributed by atoms with Crippen molar-refractivity contribution >= 4 is 5.97 Å². The predicted molar refractivity (Wildman–Crippen MR) is 68.8 cm³/mol. The minimum Gasteiger partial charge on any atom is -0.496 e. The smallest absolute Gasteiger partial charge is 0.309 e. The molecule has 1 N–H and O–H groups in total. The first-order chi connectivity index (χ1) is 8.81. The molecule has 0 spiro atoms. The van der Waals surface area contributed by atoms with Crippen molar-refractivity contribution in [3.63, 3.8) is 0 Å². The highest BCUT2D eigenvalue weighted by atomic mass is 19.1. The second-order valence-electron chi connectivity index (χ2n) is 5.05. The summed E-state index contributed by atoms with van der Waals surface area (Å²) < 4.78 is 24.0. The molecule has 0 fully saturated rings. The monoisotopic (exact) mass is 270 g/mol. The average Bonchev–Trinajstić information content (AvgIpc) is 2.32. The van der Waals surface area contributed by atoms with E-state index in [1.807, 2.05) is 0 Å². The quantitative estimate of drug-likeness (QED) is 0.863. The summed E-state index contributed by atoms with van der Waals surface area (Å²) in [5.74, 6) is -1.03. The Bertz CT molecular complexity index is 469. The number of hydrogen-bond acceptors (Lipinski definition) is 3. The number of carbonyl (C=O) groups is 1. The van der Waals surface area contributed by atoms with Crippen molar-refractivity contribution in [1.82, 2.24) is 0 Å². The van der Waals surface area contributed by atoms with Crippen molar-refractivity contribution in [3.05, 3.63) is 29.1 Å². The largest absolute Gasteiger partial charge is 0.496 e. The Kier molecular flexibility index (Phi) is 4.89. The summed E-state index contributed by atoms with van der Waals surface area (Å²) in [6, 6.07) is 2.87. The third-order valence-corrected chi connectivity index (χ3v) is 2.96. The van der Waals surface area contributed by atoms with Crippen LogP contribution < -0.4 is 4.74 Å². The van der Waals surface area contributed by atoms with Crippen LogP contribution in [-0.2, 0) is 22.6 Å². The minimum atomic E-state index is -1.03. The summed E-state index contributed by atoms with van der Waals surface area (Å²) in [6.07, 6.45) is 0.106. The maximum atomic E-state index is 13.9. The first kappa shape index (κ1) is 15.4. The maximum absolute atomic E-state index is 13.9. The molecule has 1 aromatic rings. The lowest BCUT2D eigenvalue weighted by Gasteiger charge is -2.20. The van der Waals surface area contributed by atoms with Gasteiger partial charge in [-0.3, -0.25) is 4.79 Å². The number of hydrogen-bond donors (Lipinski definition) is 1. The van der Waals surface area contributed by atoms with E-state index in [-0.39, 0.29) is 13.0 Å². The van der Waals surface area contributed by atoms with Crippen molar-refractivity contribution in [3.8, 4) is 5.75 Å². The molecule has 5 heteroatoms. The Morgan fingerprint density at radius 1 is 1.32 bits per heavy atom. The summed E-state index contributed by atoms with van der Waals surface area (Å²) in [6.45, 7) is 3.41. The Labute approximate surface area is 112 Å². The van der Waals surface area contributed by atoms with Gasteiger partial charge in [0.15, 0.2) is 0 Å². The lowest BCUT2D eigenvalue weighted by Crippen LogP contribution is -2.26. The van der Waals surface area contributed by atoms with E-state index in [4.69, 9.17) is 14.6 Å². The van der Waals surface area contributed by atoms with Crippen molar-refractivity contribution in [2.24, 2.45) is 5.41 Å². The normalized spacial score (nSPS) is 11.4. The third kappa shape index (κ3) is 3.67. The van der Waals surface area contributed by atoms with Gasteiger partial charge in [-0.2, -0.15) is 0 Å². The maximum Gasteiger partial charge on any atom is 0.309 e. The number of rotatable bonds is 6. The number of benzene rings is 1. The van der Waals surface area contributed by atoms with Gasteiger partial charge in [0.25, 0.3) is 0 Å². The highest BCUT2D eigenvalue weighted by Gasteiger charge is 2.29. The molecule has 0 aliphatic carbocycles. The van der Waals surface area contributed by atoms with Crippen LogP contribution in [0.5, 0.6) is 5.75 Å². The molecule has 0 saturated carbocycles. The number of carboxylic acid groups (broad SMARTS) is 1. The molecule has 1 rings (SSSR count). The SMILES string of the molecule is COCc1cc(CC(C)(C)C(=O)O)c(F)cc1OC. The highest BCUT2D eigenvalue weighted by Crippen LogP contribution is 2.29. The standard InChI is InChI=1S/C14H19FO4/c1-14(2,13(16)17)7-9-5-10(8-18-3)12(19-4)6-11(9)15/h5-6H,7-8H2,1-4H3,(H,16,17). The zero-order valence-electron chi connectivity index (χ0n) is 11.6. The fourth-order valence-electron chi connectivity index (χ4n) is 1.80. The summed E-state index contributed by atoms with van der Waals surface area (Å²) >= 11 is 0.